The molecule has 0 aliphatic heterocycles. The number of ether oxygens (including phenoxy) is 3. The summed E-state index contributed by atoms with van der Waals surface area (Å²) in [5.41, 5.74) is 2.92. The summed E-state index contributed by atoms with van der Waals surface area (Å²) in [7, 11) is 4.38. The zero-order valence-electron chi connectivity index (χ0n) is 9.89. The molecule has 0 bridgehead atoms. The molecular formula is C11H14N2O4. The van der Waals surface area contributed by atoms with Crippen LogP contribution in [0.15, 0.2) is 23.3 Å². The molecule has 0 radical (unpaired) electrons. The van der Waals surface area contributed by atoms with Crippen LogP contribution in [-0.4, -0.2) is 33.6 Å². The fourth-order valence-corrected chi connectivity index (χ4v) is 1.11. The van der Waals surface area contributed by atoms with E-state index in [0.29, 0.717) is 11.5 Å². The molecule has 1 aromatic rings. The van der Waals surface area contributed by atoms with E-state index >= 15 is 0 Å². The average molecular weight is 238 g/mol. The molecule has 0 atom stereocenters. The molecule has 0 saturated heterocycles. The van der Waals surface area contributed by atoms with Crippen molar-refractivity contribution in [3.8, 4) is 11.5 Å². The van der Waals surface area contributed by atoms with Crippen molar-refractivity contribution < 1.29 is 19.0 Å². The first-order valence-electron chi connectivity index (χ1n) is 4.79. The van der Waals surface area contributed by atoms with Crippen LogP contribution in [0.2, 0.25) is 0 Å². The first kappa shape index (κ1) is 12.8. The third kappa shape index (κ3) is 4.02. The maximum Gasteiger partial charge on any atom is 0.427 e. The second-order valence-electron chi connectivity index (χ2n) is 3.01. The molecule has 0 aliphatic carbocycles. The van der Waals surface area contributed by atoms with Gasteiger partial charge in [-0.3, -0.25) is 0 Å². The molecular weight excluding hydrogens is 224 g/mol. The number of amides is 1. The van der Waals surface area contributed by atoms with E-state index in [4.69, 9.17) is 9.47 Å². The summed E-state index contributed by atoms with van der Waals surface area (Å²) >= 11 is 0. The fraction of sp³-hybridized carbons (Fsp3) is 0.273. The van der Waals surface area contributed by atoms with Crippen LogP contribution in [-0.2, 0) is 4.74 Å². The predicted molar refractivity (Wildman–Crippen MR) is 62.7 cm³/mol. The van der Waals surface area contributed by atoms with Crippen LogP contribution in [0.4, 0.5) is 4.79 Å². The van der Waals surface area contributed by atoms with E-state index in [1.807, 2.05) is 0 Å². The smallest absolute Gasteiger partial charge is 0.427 e. The highest BCUT2D eigenvalue weighted by molar-refractivity contribution is 5.82. The molecule has 17 heavy (non-hydrogen) atoms. The van der Waals surface area contributed by atoms with Crippen LogP contribution in [0, 0.1) is 0 Å². The normalized spacial score (nSPS) is 10.1. The van der Waals surface area contributed by atoms with Gasteiger partial charge in [0.15, 0.2) is 0 Å². The van der Waals surface area contributed by atoms with E-state index in [-0.39, 0.29) is 0 Å². The minimum Gasteiger partial charge on any atom is -0.497 e. The van der Waals surface area contributed by atoms with Crippen LogP contribution >= 0.6 is 0 Å². The Morgan fingerprint density at radius 3 is 2.24 bits per heavy atom. The van der Waals surface area contributed by atoms with E-state index in [0.717, 1.165) is 5.56 Å². The summed E-state index contributed by atoms with van der Waals surface area (Å²) in [6.45, 7) is 0. The number of hydrogen-bond donors (Lipinski definition) is 1. The Balaban J connectivity index is 2.79. The van der Waals surface area contributed by atoms with Crippen molar-refractivity contribution in [3.05, 3.63) is 23.8 Å². The quantitative estimate of drug-likeness (QED) is 0.635. The number of carbonyl (C=O) groups is 1. The van der Waals surface area contributed by atoms with Crippen molar-refractivity contribution in [3.63, 3.8) is 0 Å². The molecule has 6 heteroatoms. The third-order valence-electron chi connectivity index (χ3n) is 1.93. The Bertz CT molecular complexity index is 396. The molecule has 1 aromatic carbocycles. The van der Waals surface area contributed by atoms with E-state index in [9.17, 15) is 4.79 Å². The molecule has 0 saturated carbocycles. The minimum absolute atomic E-state index is 0.629. The number of hydrazone groups is 1. The predicted octanol–water partition coefficient (Wildman–Crippen LogP) is 1.39. The molecule has 92 valence electrons. The van der Waals surface area contributed by atoms with E-state index in [1.54, 1.807) is 32.4 Å². The van der Waals surface area contributed by atoms with Crippen molar-refractivity contribution >= 4 is 12.3 Å². The van der Waals surface area contributed by atoms with Gasteiger partial charge in [-0.15, -0.1) is 0 Å². The molecule has 1 amide bonds. The lowest BCUT2D eigenvalue weighted by molar-refractivity contribution is 0.171. The number of rotatable bonds is 4. The second-order valence-corrected chi connectivity index (χ2v) is 3.01. The molecule has 1 rings (SSSR count). The zero-order chi connectivity index (χ0) is 12.7. The maximum absolute atomic E-state index is 10.8. The van der Waals surface area contributed by atoms with Crippen LogP contribution in [0.5, 0.6) is 11.5 Å². The van der Waals surface area contributed by atoms with Gasteiger partial charge in [-0.25, -0.2) is 10.2 Å². The number of methoxy groups -OCH3 is 3. The highest BCUT2D eigenvalue weighted by Gasteiger charge is 2.00. The number of hydrogen-bond acceptors (Lipinski definition) is 5. The highest BCUT2D eigenvalue weighted by atomic mass is 16.5. The molecule has 0 heterocycles. The topological polar surface area (TPSA) is 69.2 Å². The maximum atomic E-state index is 10.8. The van der Waals surface area contributed by atoms with Gasteiger partial charge in [-0.2, -0.15) is 5.10 Å². The minimum atomic E-state index is -0.629. The third-order valence-corrected chi connectivity index (χ3v) is 1.93. The number of nitrogens with zero attached hydrogens (tertiary/aromatic N) is 1. The van der Waals surface area contributed by atoms with Gasteiger partial charge in [0.1, 0.15) is 11.5 Å². The van der Waals surface area contributed by atoms with Gasteiger partial charge in [0.05, 0.1) is 27.5 Å². The Morgan fingerprint density at radius 2 is 1.76 bits per heavy atom. The molecule has 0 spiro atoms. The summed E-state index contributed by atoms with van der Waals surface area (Å²) in [5.74, 6) is 1.28. The molecule has 0 aromatic heterocycles. The first-order valence-corrected chi connectivity index (χ1v) is 4.79. The lowest BCUT2D eigenvalue weighted by atomic mass is 10.2. The lowest BCUT2D eigenvalue weighted by Gasteiger charge is -2.05. The van der Waals surface area contributed by atoms with Crippen LogP contribution < -0.4 is 14.9 Å². The summed E-state index contributed by atoms with van der Waals surface area (Å²) in [5, 5.41) is 3.70. The Morgan fingerprint density at radius 1 is 1.18 bits per heavy atom. The summed E-state index contributed by atoms with van der Waals surface area (Å²) in [6, 6.07) is 5.25. The van der Waals surface area contributed by atoms with Crippen molar-refractivity contribution in [1.29, 1.82) is 0 Å². The van der Waals surface area contributed by atoms with E-state index < -0.39 is 6.09 Å². The lowest BCUT2D eigenvalue weighted by Crippen LogP contribution is -2.16. The first-order chi connectivity index (χ1) is 8.19. The molecule has 6 nitrogen and oxygen atoms in total. The van der Waals surface area contributed by atoms with Gasteiger partial charge < -0.3 is 14.2 Å². The highest BCUT2D eigenvalue weighted by Crippen LogP contribution is 2.21. The van der Waals surface area contributed by atoms with Crippen molar-refractivity contribution in [2.75, 3.05) is 21.3 Å². The van der Waals surface area contributed by atoms with Crippen LogP contribution in [0.3, 0.4) is 0 Å². The number of nitrogens with one attached hydrogen (secondary N) is 1. The number of benzene rings is 1. The second kappa shape index (κ2) is 6.37. The summed E-state index contributed by atoms with van der Waals surface area (Å²) in [4.78, 5) is 10.8. The largest absolute Gasteiger partial charge is 0.497 e. The van der Waals surface area contributed by atoms with Gasteiger partial charge >= 0.3 is 6.09 Å². The van der Waals surface area contributed by atoms with Crippen molar-refractivity contribution in [1.82, 2.24) is 5.43 Å². The van der Waals surface area contributed by atoms with Crippen LogP contribution in [0.25, 0.3) is 0 Å². The fourth-order valence-electron chi connectivity index (χ4n) is 1.11. The standard InChI is InChI=1S/C11H14N2O4/c1-15-9-4-8(5-10(6-9)16-2)7-12-13-11(14)17-3/h4-7H,1-3H3,(H,13,14). The molecule has 0 fully saturated rings. The monoisotopic (exact) mass is 238 g/mol. The van der Waals surface area contributed by atoms with Crippen molar-refractivity contribution in [2.45, 2.75) is 0 Å². The van der Waals surface area contributed by atoms with Gasteiger partial charge in [0.2, 0.25) is 0 Å². The Hall–Kier alpha value is -2.24. The van der Waals surface area contributed by atoms with Gasteiger partial charge in [0.25, 0.3) is 0 Å². The average Bonchev–Trinajstić information content (AvgIpc) is 2.37. The molecule has 1 N–H and O–H groups in total. The summed E-state index contributed by atoms with van der Waals surface area (Å²) < 4.78 is 14.5. The molecule has 0 aliphatic rings. The molecule has 0 unspecified atom stereocenters. The van der Waals surface area contributed by atoms with Gasteiger partial charge in [0, 0.05) is 11.6 Å². The van der Waals surface area contributed by atoms with Gasteiger partial charge in [-0.05, 0) is 12.1 Å². The number of carbonyl (C=O) groups excluding carboxylic acids is 1. The SMILES string of the molecule is COC(=O)NN=Cc1cc(OC)cc(OC)c1. The van der Waals surface area contributed by atoms with Gasteiger partial charge in [-0.1, -0.05) is 0 Å². The van der Waals surface area contributed by atoms with E-state index in [2.05, 4.69) is 15.3 Å². The Kier molecular flexibility index (Phi) is 4.80. The zero-order valence-corrected chi connectivity index (χ0v) is 9.89. The van der Waals surface area contributed by atoms with E-state index in [1.165, 1.54) is 13.3 Å². The van der Waals surface area contributed by atoms with Crippen molar-refractivity contribution in [2.24, 2.45) is 5.10 Å². The van der Waals surface area contributed by atoms with Crippen LogP contribution in [0.1, 0.15) is 5.56 Å². The Labute approximate surface area is 99.2 Å². The summed E-state index contributed by atoms with van der Waals surface area (Å²) in [6.07, 6.45) is 0.832.